The molecular weight excluding hydrogens is 350 g/mol. The van der Waals surface area contributed by atoms with E-state index < -0.39 is 16.0 Å². The molecule has 0 saturated heterocycles. The summed E-state index contributed by atoms with van der Waals surface area (Å²) >= 11 is 0. The first kappa shape index (κ1) is 18.2. The van der Waals surface area contributed by atoms with Crippen LogP contribution in [0.3, 0.4) is 0 Å². The van der Waals surface area contributed by atoms with Crippen LogP contribution < -0.4 is 0 Å². The van der Waals surface area contributed by atoms with E-state index in [0.717, 1.165) is 15.4 Å². The fourth-order valence-electron chi connectivity index (χ4n) is 2.80. The maximum atomic E-state index is 13.0. The zero-order chi connectivity index (χ0) is 18.7. The minimum absolute atomic E-state index is 0.0606. The molecule has 136 valence electrons. The van der Waals surface area contributed by atoms with E-state index >= 15 is 0 Å². The van der Waals surface area contributed by atoms with Crippen LogP contribution in [0.25, 0.3) is 0 Å². The van der Waals surface area contributed by atoms with Gasteiger partial charge in [-0.1, -0.05) is 55.0 Å². The fourth-order valence-corrected chi connectivity index (χ4v) is 4.36. The Balaban J connectivity index is 1.80. The van der Waals surface area contributed by atoms with Gasteiger partial charge in [0.15, 0.2) is 0 Å². The molecule has 0 amide bonds. The van der Waals surface area contributed by atoms with E-state index in [9.17, 15) is 13.2 Å². The van der Waals surface area contributed by atoms with Crippen molar-refractivity contribution in [3.8, 4) is 0 Å². The number of sulfonamides is 1. The van der Waals surface area contributed by atoms with E-state index in [1.165, 1.54) is 0 Å². The van der Waals surface area contributed by atoms with Crippen molar-refractivity contribution in [2.75, 3.05) is 6.54 Å². The standard InChI is InChI=1S/C20H21NO4S/c1-15-8-10-18(11-9-15)26(23,24)21-13-16(2)12-19(21)20(22)25-14-17-6-4-3-5-7-17/h3-12,16H,13-14H2,1-2H3. The molecule has 5 nitrogen and oxygen atoms in total. The molecule has 0 aliphatic carbocycles. The van der Waals surface area contributed by atoms with Gasteiger partial charge in [0.1, 0.15) is 12.3 Å². The van der Waals surface area contributed by atoms with E-state index in [0.29, 0.717) is 0 Å². The summed E-state index contributed by atoms with van der Waals surface area (Å²) in [5.74, 6) is -0.691. The first-order valence-corrected chi connectivity index (χ1v) is 9.84. The van der Waals surface area contributed by atoms with Crippen molar-refractivity contribution in [2.45, 2.75) is 25.3 Å². The molecule has 0 bridgehead atoms. The van der Waals surface area contributed by atoms with Crippen molar-refractivity contribution >= 4 is 16.0 Å². The normalized spacial score (nSPS) is 17.1. The number of hydrogen-bond donors (Lipinski definition) is 0. The summed E-state index contributed by atoms with van der Waals surface area (Å²) in [5, 5.41) is 0. The highest BCUT2D eigenvalue weighted by atomic mass is 32.2. The monoisotopic (exact) mass is 371 g/mol. The molecule has 2 aromatic rings. The number of aryl methyl sites for hydroxylation is 1. The summed E-state index contributed by atoms with van der Waals surface area (Å²) in [6.45, 7) is 4.09. The van der Waals surface area contributed by atoms with Gasteiger partial charge in [0, 0.05) is 6.54 Å². The van der Waals surface area contributed by atoms with Crippen LogP contribution in [0.4, 0.5) is 0 Å². The Morgan fingerprint density at radius 1 is 1.12 bits per heavy atom. The molecule has 1 atom stereocenters. The molecule has 2 aromatic carbocycles. The molecular formula is C20H21NO4S. The summed E-state index contributed by atoms with van der Waals surface area (Å²) in [5.41, 5.74) is 1.89. The van der Waals surface area contributed by atoms with Crippen LogP contribution in [-0.2, 0) is 26.2 Å². The first-order valence-electron chi connectivity index (χ1n) is 8.40. The molecule has 1 aliphatic heterocycles. The van der Waals surface area contributed by atoms with Gasteiger partial charge in [-0.3, -0.25) is 4.31 Å². The Kier molecular flexibility index (Phi) is 5.13. The lowest BCUT2D eigenvalue weighted by atomic mass is 10.2. The van der Waals surface area contributed by atoms with Crippen LogP contribution in [0.1, 0.15) is 18.1 Å². The highest BCUT2D eigenvalue weighted by Crippen LogP contribution is 2.29. The van der Waals surface area contributed by atoms with Gasteiger partial charge < -0.3 is 4.74 Å². The van der Waals surface area contributed by atoms with E-state index in [-0.39, 0.29) is 29.7 Å². The lowest BCUT2D eigenvalue weighted by Gasteiger charge is -2.22. The second-order valence-corrected chi connectivity index (χ2v) is 8.30. The molecule has 1 aliphatic rings. The van der Waals surface area contributed by atoms with Crippen molar-refractivity contribution in [3.05, 3.63) is 77.5 Å². The Morgan fingerprint density at radius 2 is 1.77 bits per heavy atom. The van der Waals surface area contributed by atoms with Gasteiger partial charge in [0.05, 0.1) is 4.90 Å². The summed E-state index contributed by atoms with van der Waals surface area (Å²) in [7, 11) is -3.80. The molecule has 0 saturated carbocycles. The zero-order valence-corrected chi connectivity index (χ0v) is 15.6. The molecule has 1 unspecified atom stereocenters. The smallest absolute Gasteiger partial charge is 0.355 e. The van der Waals surface area contributed by atoms with Crippen LogP contribution >= 0.6 is 0 Å². The van der Waals surface area contributed by atoms with Crippen molar-refractivity contribution in [1.29, 1.82) is 0 Å². The number of esters is 1. The summed E-state index contributed by atoms with van der Waals surface area (Å²) in [4.78, 5) is 12.7. The number of hydrogen-bond acceptors (Lipinski definition) is 4. The highest BCUT2D eigenvalue weighted by Gasteiger charge is 2.36. The van der Waals surface area contributed by atoms with Crippen molar-refractivity contribution in [1.82, 2.24) is 4.31 Å². The number of benzene rings is 2. The predicted octanol–water partition coefficient (Wildman–Crippen LogP) is 3.26. The maximum absolute atomic E-state index is 13.0. The fraction of sp³-hybridized carbons (Fsp3) is 0.250. The van der Waals surface area contributed by atoms with Gasteiger partial charge in [-0.05, 0) is 36.6 Å². The number of nitrogens with zero attached hydrogens (tertiary/aromatic N) is 1. The minimum Gasteiger partial charge on any atom is -0.456 e. The molecule has 0 N–H and O–H groups in total. The van der Waals surface area contributed by atoms with Crippen molar-refractivity contribution < 1.29 is 17.9 Å². The summed E-state index contributed by atoms with van der Waals surface area (Å²) in [6, 6.07) is 15.9. The van der Waals surface area contributed by atoms with E-state index in [1.54, 1.807) is 30.3 Å². The average Bonchev–Trinajstić information content (AvgIpc) is 3.04. The third-order valence-corrected chi connectivity index (χ3v) is 5.99. The van der Waals surface area contributed by atoms with Crippen LogP contribution in [0.5, 0.6) is 0 Å². The molecule has 0 fully saturated rings. The molecule has 3 rings (SSSR count). The topological polar surface area (TPSA) is 63.7 Å². The number of carbonyl (C=O) groups excluding carboxylic acids is 1. The molecule has 0 aromatic heterocycles. The molecule has 0 radical (unpaired) electrons. The zero-order valence-electron chi connectivity index (χ0n) is 14.8. The molecule has 6 heteroatoms. The van der Waals surface area contributed by atoms with Crippen molar-refractivity contribution in [2.24, 2.45) is 5.92 Å². The second kappa shape index (κ2) is 7.33. The van der Waals surface area contributed by atoms with Gasteiger partial charge in [-0.2, -0.15) is 0 Å². The van der Waals surface area contributed by atoms with E-state index in [4.69, 9.17) is 4.74 Å². The van der Waals surface area contributed by atoms with E-state index in [2.05, 4.69) is 0 Å². The second-order valence-electron chi connectivity index (χ2n) is 6.44. The lowest BCUT2D eigenvalue weighted by molar-refractivity contribution is -0.141. The van der Waals surface area contributed by atoms with Gasteiger partial charge in [-0.15, -0.1) is 0 Å². The van der Waals surface area contributed by atoms with Crippen LogP contribution in [0.2, 0.25) is 0 Å². The van der Waals surface area contributed by atoms with Gasteiger partial charge in [0.2, 0.25) is 0 Å². The Labute approximate surface area is 154 Å². The third kappa shape index (κ3) is 3.80. The quantitative estimate of drug-likeness (QED) is 0.757. The first-order chi connectivity index (χ1) is 12.4. The predicted molar refractivity (Wildman–Crippen MR) is 98.6 cm³/mol. The average molecular weight is 371 g/mol. The SMILES string of the molecule is Cc1ccc(S(=O)(=O)N2CC(C)C=C2C(=O)OCc2ccccc2)cc1. The lowest BCUT2D eigenvalue weighted by Crippen LogP contribution is -2.32. The highest BCUT2D eigenvalue weighted by molar-refractivity contribution is 7.89. The van der Waals surface area contributed by atoms with E-state index in [1.807, 2.05) is 44.2 Å². The molecule has 26 heavy (non-hydrogen) atoms. The van der Waals surface area contributed by atoms with Crippen LogP contribution in [0.15, 0.2) is 71.3 Å². The third-order valence-electron chi connectivity index (χ3n) is 4.20. The van der Waals surface area contributed by atoms with Gasteiger partial charge >= 0.3 is 5.97 Å². The van der Waals surface area contributed by atoms with Crippen molar-refractivity contribution in [3.63, 3.8) is 0 Å². The summed E-state index contributed by atoms with van der Waals surface area (Å²) in [6.07, 6.45) is 1.65. The number of ether oxygens (including phenoxy) is 1. The summed E-state index contributed by atoms with van der Waals surface area (Å²) < 4.78 is 32.4. The Morgan fingerprint density at radius 3 is 2.42 bits per heavy atom. The Hall–Kier alpha value is -2.60. The molecule has 0 spiro atoms. The number of carbonyl (C=O) groups is 1. The van der Waals surface area contributed by atoms with Crippen LogP contribution in [-0.4, -0.2) is 25.2 Å². The van der Waals surface area contributed by atoms with Crippen LogP contribution in [0, 0.1) is 12.8 Å². The number of rotatable bonds is 5. The van der Waals surface area contributed by atoms with Gasteiger partial charge in [-0.25, -0.2) is 13.2 Å². The molecule has 1 heterocycles. The Bertz CT molecular complexity index is 918. The minimum atomic E-state index is -3.80. The maximum Gasteiger partial charge on any atom is 0.355 e. The largest absolute Gasteiger partial charge is 0.456 e. The van der Waals surface area contributed by atoms with Gasteiger partial charge in [0.25, 0.3) is 10.0 Å².